The maximum atomic E-state index is 12.1. The standard InChI is InChI=1S/C11H12ClN3OS/c12-7-2-1-3-8(6-7)15-5-4-9(10(15)16)17-11(13)14/h1-3,6,9H,4-5H2,(H3,13,14)/p+1. The summed E-state index contributed by atoms with van der Waals surface area (Å²) in [5.41, 5.74) is 6.23. The highest BCUT2D eigenvalue weighted by Crippen LogP contribution is 2.29. The molecule has 1 heterocycles. The molecule has 1 unspecified atom stereocenters. The van der Waals surface area contributed by atoms with Gasteiger partial charge in [-0.25, -0.2) is 0 Å². The third-order valence-electron chi connectivity index (χ3n) is 2.55. The average molecular weight is 271 g/mol. The zero-order valence-corrected chi connectivity index (χ0v) is 10.7. The molecule has 0 saturated carbocycles. The average Bonchev–Trinajstić information content (AvgIpc) is 2.60. The van der Waals surface area contributed by atoms with Crippen LogP contribution in [0.25, 0.3) is 0 Å². The van der Waals surface area contributed by atoms with Gasteiger partial charge in [0.1, 0.15) is 0 Å². The molecule has 6 heteroatoms. The van der Waals surface area contributed by atoms with E-state index in [9.17, 15) is 4.79 Å². The van der Waals surface area contributed by atoms with Crippen molar-refractivity contribution in [3.05, 3.63) is 29.3 Å². The van der Waals surface area contributed by atoms with Gasteiger partial charge in [0.25, 0.3) is 0 Å². The Labute approximate surface area is 109 Å². The van der Waals surface area contributed by atoms with Gasteiger partial charge in [0, 0.05) is 17.3 Å². The zero-order valence-electron chi connectivity index (χ0n) is 9.10. The molecule has 0 aromatic heterocycles. The first-order valence-electron chi connectivity index (χ1n) is 5.19. The summed E-state index contributed by atoms with van der Waals surface area (Å²) in [6.45, 7) is 0.671. The summed E-state index contributed by atoms with van der Waals surface area (Å²) in [5, 5.41) is 6.08. The smallest absolute Gasteiger partial charge is 0.300 e. The maximum Gasteiger partial charge on any atom is 0.300 e. The van der Waals surface area contributed by atoms with Gasteiger partial charge in [0.15, 0.2) is 0 Å². The Bertz CT molecular complexity index is 466. The molecule has 0 bridgehead atoms. The van der Waals surface area contributed by atoms with Crippen LogP contribution in [0.4, 0.5) is 5.69 Å². The summed E-state index contributed by atoms with van der Waals surface area (Å²) in [4.78, 5) is 13.8. The number of nitrogens with two attached hydrogens (primary N) is 2. The predicted octanol–water partition coefficient (Wildman–Crippen LogP) is 0.252. The fourth-order valence-corrected chi connectivity index (χ4v) is 2.79. The number of thioether (sulfide) groups is 1. The van der Waals surface area contributed by atoms with E-state index >= 15 is 0 Å². The van der Waals surface area contributed by atoms with Crippen LogP contribution in [0.1, 0.15) is 6.42 Å². The van der Waals surface area contributed by atoms with Gasteiger partial charge in [-0.3, -0.25) is 15.9 Å². The summed E-state index contributed by atoms with van der Waals surface area (Å²) in [6.07, 6.45) is 0.744. The zero-order chi connectivity index (χ0) is 12.4. The molecule has 0 spiro atoms. The van der Waals surface area contributed by atoms with Crippen LogP contribution in [-0.4, -0.2) is 22.9 Å². The van der Waals surface area contributed by atoms with E-state index in [0.29, 0.717) is 11.6 Å². The van der Waals surface area contributed by atoms with E-state index in [1.165, 1.54) is 11.8 Å². The SMILES string of the molecule is NC(=[NH2+])SC1CCN(c2cccc(Cl)c2)C1=O. The summed E-state index contributed by atoms with van der Waals surface area (Å²) < 4.78 is 0. The van der Waals surface area contributed by atoms with E-state index in [0.717, 1.165) is 12.1 Å². The molecule has 1 fully saturated rings. The van der Waals surface area contributed by atoms with Crippen molar-refractivity contribution >= 4 is 40.1 Å². The van der Waals surface area contributed by atoms with Crippen LogP contribution in [0.2, 0.25) is 5.02 Å². The number of benzene rings is 1. The van der Waals surface area contributed by atoms with Crippen LogP contribution in [-0.2, 0) is 4.79 Å². The maximum absolute atomic E-state index is 12.1. The Kier molecular flexibility index (Phi) is 3.59. The first kappa shape index (κ1) is 12.3. The number of amidine groups is 1. The number of halogens is 1. The molecular weight excluding hydrogens is 258 g/mol. The van der Waals surface area contributed by atoms with E-state index in [1.54, 1.807) is 17.0 Å². The van der Waals surface area contributed by atoms with Crippen LogP contribution in [0.15, 0.2) is 24.3 Å². The number of rotatable bonds is 2. The topological polar surface area (TPSA) is 71.9 Å². The van der Waals surface area contributed by atoms with Gasteiger partial charge in [0.05, 0.1) is 5.25 Å². The number of hydrogen-bond acceptors (Lipinski definition) is 2. The minimum atomic E-state index is -0.181. The molecule has 0 radical (unpaired) electrons. The second-order valence-corrected chi connectivity index (χ2v) is 5.48. The van der Waals surface area contributed by atoms with Gasteiger partial charge in [-0.1, -0.05) is 17.7 Å². The second-order valence-electron chi connectivity index (χ2n) is 3.77. The number of amides is 1. The van der Waals surface area contributed by atoms with Crippen molar-refractivity contribution in [1.29, 1.82) is 0 Å². The molecule has 1 aromatic rings. The molecule has 1 aliphatic rings. The summed E-state index contributed by atoms with van der Waals surface area (Å²) in [7, 11) is 0. The number of nitrogens with zero attached hydrogens (tertiary/aromatic N) is 1. The molecule has 1 aromatic carbocycles. The monoisotopic (exact) mass is 270 g/mol. The lowest BCUT2D eigenvalue weighted by Crippen LogP contribution is -2.45. The van der Waals surface area contributed by atoms with Gasteiger partial charge in [-0.2, -0.15) is 0 Å². The molecular formula is C11H13ClN3OS+. The normalized spacial score (nSPS) is 19.7. The first-order chi connectivity index (χ1) is 8.08. The third kappa shape index (κ3) is 2.73. The van der Waals surface area contributed by atoms with Crippen molar-refractivity contribution < 1.29 is 10.2 Å². The molecule has 1 atom stereocenters. The van der Waals surface area contributed by atoms with E-state index in [-0.39, 0.29) is 16.3 Å². The van der Waals surface area contributed by atoms with E-state index in [1.807, 2.05) is 12.1 Å². The Hall–Kier alpha value is -1.20. The van der Waals surface area contributed by atoms with E-state index in [2.05, 4.69) is 0 Å². The van der Waals surface area contributed by atoms with Crippen LogP contribution in [0, 0.1) is 0 Å². The molecule has 17 heavy (non-hydrogen) atoms. The van der Waals surface area contributed by atoms with E-state index < -0.39 is 0 Å². The lowest BCUT2D eigenvalue weighted by Gasteiger charge is -2.16. The lowest BCUT2D eigenvalue weighted by atomic mass is 10.3. The predicted molar refractivity (Wildman–Crippen MR) is 70.9 cm³/mol. The van der Waals surface area contributed by atoms with Crippen molar-refractivity contribution in [2.24, 2.45) is 5.73 Å². The second kappa shape index (κ2) is 4.98. The lowest BCUT2D eigenvalue weighted by molar-refractivity contribution is -0.117. The fraction of sp³-hybridized carbons (Fsp3) is 0.273. The van der Waals surface area contributed by atoms with Gasteiger partial charge >= 0.3 is 5.17 Å². The highest BCUT2D eigenvalue weighted by atomic mass is 35.5. The molecule has 4 N–H and O–H groups in total. The molecule has 1 amide bonds. The molecule has 0 aliphatic carbocycles. The summed E-state index contributed by atoms with van der Waals surface area (Å²) in [6, 6.07) is 7.26. The number of carbonyl (C=O) groups is 1. The fourth-order valence-electron chi connectivity index (χ4n) is 1.83. The molecule has 90 valence electrons. The largest absolute Gasteiger partial charge is 0.311 e. The van der Waals surface area contributed by atoms with Crippen LogP contribution in [0.5, 0.6) is 0 Å². The number of hydrogen-bond donors (Lipinski definition) is 2. The van der Waals surface area contributed by atoms with Crippen molar-refractivity contribution in [2.75, 3.05) is 11.4 Å². The molecule has 1 saturated heterocycles. The van der Waals surface area contributed by atoms with Crippen molar-refractivity contribution in [2.45, 2.75) is 11.7 Å². The molecule has 1 aliphatic heterocycles. The van der Waals surface area contributed by atoms with Gasteiger partial charge < -0.3 is 4.90 Å². The van der Waals surface area contributed by atoms with Crippen molar-refractivity contribution in [3.63, 3.8) is 0 Å². The van der Waals surface area contributed by atoms with Crippen molar-refractivity contribution in [1.82, 2.24) is 0 Å². The number of carbonyl (C=O) groups excluding carboxylic acids is 1. The number of anilines is 1. The summed E-state index contributed by atoms with van der Waals surface area (Å²) >= 11 is 7.13. The Morgan fingerprint density at radius 3 is 3.00 bits per heavy atom. The Balaban J connectivity index is 2.15. The van der Waals surface area contributed by atoms with Gasteiger partial charge in [-0.15, -0.1) is 0 Å². The highest BCUT2D eigenvalue weighted by molar-refractivity contribution is 8.14. The molecule has 4 nitrogen and oxygen atoms in total. The third-order valence-corrected chi connectivity index (χ3v) is 3.78. The quantitative estimate of drug-likeness (QED) is 0.598. The van der Waals surface area contributed by atoms with E-state index in [4.69, 9.17) is 22.7 Å². The molecule has 2 rings (SSSR count). The van der Waals surface area contributed by atoms with Crippen molar-refractivity contribution in [3.8, 4) is 0 Å². The summed E-state index contributed by atoms with van der Waals surface area (Å²) in [5.74, 6) is 0.0330. The van der Waals surface area contributed by atoms with Crippen LogP contribution >= 0.6 is 23.4 Å². The van der Waals surface area contributed by atoms with Gasteiger partial charge in [-0.05, 0) is 36.4 Å². The minimum absolute atomic E-state index is 0.0330. The van der Waals surface area contributed by atoms with Crippen LogP contribution < -0.4 is 16.0 Å². The Morgan fingerprint density at radius 1 is 1.59 bits per heavy atom. The van der Waals surface area contributed by atoms with Gasteiger partial charge in [0.2, 0.25) is 5.91 Å². The van der Waals surface area contributed by atoms with Crippen LogP contribution in [0.3, 0.4) is 0 Å². The Morgan fingerprint density at radius 2 is 2.35 bits per heavy atom. The first-order valence-corrected chi connectivity index (χ1v) is 6.45. The minimum Gasteiger partial charge on any atom is -0.311 e. The highest BCUT2D eigenvalue weighted by Gasteiger charge is 2.34.